The van der Waals surface area contributed by atoms with Gasteiger partial charge in [-0.05, 0) is 30.8 Å². The van der Waals surface area contributed by atoms with Crippen LogP contribution in [0.25, 0.3) is 0 Å². The molecule has 2 aromatic heterocycles. The molecule has 0 saturated heterocycles. The third-order valence-corrected chi connectivity index (χ3v) is 2.83. The fraction of sp³-hybridized carbons (Fsp3) is 0.0909. The number of aromatic nitrogens is 3. The molecule has 0 N–H and O–H groups in total. The van der Waals surface area contributed by atoms with Gasteiger partial charge in [-0.1, -0.05) is 0 Å². The molecule has 0 unspecified atom stereocenters. The first-order valence-electron chi connectivity index (χ1n) is 4.67. The molecule has 0 radical (unpaired) electrons. The van der Waals surface area contributed by atoms with Crippen LogP contribution in [0.2, 0.25) is 0 Å². The fourth-order valence-electron chi connectivity index (χ4n) is 1.18. The minimum absolute atomic E-state index is 0.000472. The van der Waals surface area contributed by atoms with Crippen LogP contribution in [0.3, 0.4) is 0 Å². The molecule has 2 heterocycles. The second-order valence-electron chi connectivity index (χ2n) is 3.06. The lowest BCUT2D eigenvalue weighted by atomic mass is 10.2. The van der Waals surface area contributed by atoms with Crippen LogP contribution in [-0.2, 0) is 0 Å². The van der Waals surface area contributed by atoms with Crippen LogP contribution in [0.4, 0.5) is 0 Å². The van der Waals surface area contributed by atoms with Crippen molar-refractivity contribution in [3.63, 3.8) is 0 Å². The Labute approximate surface area is 97.2 Å². The Balaban J connectivity index is 2.31. The largest absolute Gasteiger partial charge is 0.294 e. The topological polar surface area (TPSA) is 55.7 Å². The number of hydrogen-bond acceptors (Lipinski definition) is 5. The number of rotatable bonds is 3. The van der Waals surface area contributed by atoms with Crippen LogP contribution >= 0.6 is 11.8 Å². The number of nitrogens with zero attached hydrogens (tertiary/aromatic N) is 3. The minimum atomic E-state index is -0.000472. The molecule has 0 bridgehead atoms. The second-order valence-corrected chi connectivity index (χ2v) is 4.07. The van der Waals surface area contributed by atoms with Gasteiger partial charge in [0.15, 0.2) is 5.78 Å². The van der Waals surface area contributed by atoms with Gasteiger partial charge in [0, 0.05) is 24.2 Å². The van der Waals surface area contributed by atoms with Crippen molar-refractivity contribution < 1.29 is 4.79 Å². The maximum Gasteiger partial charge on any atom is 0.162 e. The SMILES string of the molecule is CC(=O)c1cccnc1Sc1cnccn1. The Kier molecular flexibility index (Phi) is 3.26. The molecule has 2 aromatic rings. The molecule has 16 heavy (non-hydrogen) atoms. The average molecular weight is 231 g/mol. The number of pyridine rings is 1. The van der Waals surface area contributed by atoms with Crippen LogP contribution in [0, 0.1) is 0 Å². The molecule has 0 aliphatic rings. The van der Waals surface area contributed by atoms with Gasteiger partial charge in [0.05, 0.1) is 6.20 Å². The summed E-state index contributed by atoms with van der Waals surface area (Å²) >= 11 is 1.34. The lowest BCUT2D eigenvalue weighted by Crippen LogP contribution is -1.97. The molecule has 4 nitrogen and oxygen atoms in total. The third kappa shape index (κ3) is 2.43. The lowest BCUT2D eigenvalue weighted by molar-refractivity contribution is 0.101. The molecule has 0 saturated carbocycles. The quantitative estimate of drug-likeness (QED) is 0.758. The molecule has 0 spiro atoms. The normalized spacial score (nSPS) is 10.1. The standard InChI is InChI=1S/C11H9N3OS/c1-8(15)9-3-2-4-14-11(9)16-10-7-12-5-6-13-10/h2-7H,1H3. The smallest absolute Gasteiger partial charge is 0.162 e. The molecule has 0 atom stereocenters. The number of carbonyl (C=O) groups is 1. The van der Waals surface area contributed by atoms with Gasteiger partial charge in [0.1, 0.15) is 10.1 Å². The highest BCUT2D eigenvalue weighted by molar-refractivity contribution is 7.99. The van der Waals surface area contributed by atoms with E-state index in [1.807, 2.05) is 0 Å². The molecule has 0 aliphatic heterocycles. The highest BCUT2D eigenvalue weighted by Crippen LogP contribution is 2.26. The summed E-state index contributed by atoms with van der Waals surface area (Å²) in [6.45, 7) is 1.53. The van der Waals surface area contributed by atoms with Crippen molar-refractivity contribution in [3.8, 4) is 0 Å². The fourth-order valence-corrected chi connectivity index (χ4v) is 2.04. The molecular weight excluding hydrogens is 222 g/mol. The first-order chi connectivity index (χ1) is 7.77. The lowest BCUT2D eigenvalue weighted by Gasteiger charge is -2.03. The number of hydrogen-bond donors (Lipinski definition) is 0. The van der Waals surface area contributed by atoms with E-state index in [1.165, 1.54) is 18.7 Å². The highest BCUT2D eigenvalue weighted by Gasteiger charge is 2.09. The van der Waals surface area contributed by atoms with Crippen molar-refractivity contribution >= 4 is 17.5 Å². The monoisotopic (exact) mass is 231 g/mol. The van der Waals surface area contributed by atoms with Gasteiger partial charge in [-0.2, -0.15) is 0 Å². The van der Waals surface area contributed by atoms with Crippen molar-refractivity contribution in [2.45, 2.75) is 17.0 Å². The zero-order valence-corrected chi connectivity index (χ0v) is 9.44. The molecule has 0 aliphatic carbocycles. The Bertz CT molecular complexity index is 502. The van der Waals surface area contributed by atoms with Gasteiger partial charge in [-0.15, -0.1) is 0 Å². The maximum absolute atomic E-state index is 11.4. The Hall–Kier alpha value is -1.75. The van der Waals surface area contributed by atoms with Crippen LogP contribution in [0.1, 0.15) is 17.3 Å². The summed E-state index contributed by atoms with van der Waals surface area (Å²) in [5, 5.41) is 1.39. The summed E-state index contributed by atoms with van der Waals surface area (Å²) in [5.74, 6) is -0.000472. The van der Waals surface area contributed by atoms with Crippen molar-refractivity contribution in [2.24, 2.45) is 0 Å². The van der Waals surface area contributed by atoms with Gasteiger partial charge in [0.2, 0.25) is 0 Å². The zero-order valence-electron chi connectivity index (χ0n) is 8.62. The van der Waals surface area contributed by atoms with E-state index >= 15 is 0 Å². The Morgan fingerprint density at radius 2 is 2.12 bits per heavy atom. The van der Waals surface area contributed by atoms with Crippen molar-refractivity contribution in [3.05, 3.63) is 42.5 Å². The third-order valence-electron chi connectivity index (χ3n) is 1.89. The maximum atomic E-state index is 11.4. The summed E-state index contributed by atoms with van der Waals surface area (Å²) in [7, 11) is 0. The number of ketones is 1. The van der Waals surface area contributed by atoms with Crippen molar-refractivity contribution in [1.82, 2.24) is 15.0 Å². The molecule has 80 valence electrons. The first kappa shape index (κ1) is 10.8. The predicted molar refractivity (Wildman–Crippen MR) is 60.4 cm³/mol. The molecule has 0 amide bonds. The van der Waals surface area contributed by atoms with E-state index in [2.05, 4.69) is 15.0 Å². The Morgan fingerprint density at radius 3 is 2.81 bits per heavy atom. The Morgan fingerprint density at radius 1 is 1.25 bits per heavy atom. The summed E-state index contributed by atoms with van der Waals surface area (Å²) in [6, 6.07) is 3.51. The van der Waals surface area contributed by atoms with Gasteiger partial charge in [-0.25, -0.2) is 9.97 Å². The van der Waals surface area contributed by atoms with Gasteiger partial charge >= 0.3 is 0 Å². The van der Waals surface area contributed by atoms with E-state index in [1.54, 1.807) is 36.9 Å². The summed E-state index contributed by atoms with van der Waals surface area (Å²) in [5.41, 5.74) is 0.609. The number of carbonyl (C=O) groups excluding carboxylic acids is 1. The highest BCUT2D eigenvalue weighted by atomic mass is 32.2. The molecule has 2 rings (SSSR count). The van der Waals surface area contributed by atoms with Crippen LogP contribution in [0.5, 0.6) is 0 Å². The molecular formula is C11H9N3OS. The van der Waals surface area contributed by atoms with Crippen molar-refractivity contribution in [2.75, 3.05) is 0 Å². The van der Waals surface area contributed by atoms with Crippen LogP contribution in [-0.4, -0.2) is 20.7 Å². The summed E-state index contributed by atoms with van der Waals surface area (Å²) in [6.07, 6.45) is 6.52. The van der Waals surface area contributed by atoms with E-state index < -0.39 is 0 Å². The van der Waals surface area contributed by atoms with E-state index in [-0.39, 0.29) is 5.78 Å². The van der Waals surface area contributed by atoms with Gasteiger partial charge < -0.3 is 0 Å². The van der Waals surface area contributed by atoms with E-state index in [4.69, 9.17) is 0 Å². The predicted octanol–water partition coefficient (Wildman–Crippen LogP) is 2.23. The van der Waals surface area contributed by atoms with E-state index in [0.717, 1.165) is 5.03 Å². The average Bonchev–Trinajstić information content (AvgIpc) is 2.31. The zero-order chi connectivity index (χ0) is 11.4. The van der Waals surface area contributed by atoms with E-state index in [9.17, 15) is 4.79 Å². The summed E-state index contributed by atoms with van der Waals surface area (Å²) in [4.78, 5) is 23.6. The first-order valence-corrected chi connectivity index (χ1v) is 5.49. The van der Waals surface area contributed by atoms with Gasteiger partial charge in [0.25, 0.3) is 0 Å². The summed E-state index contributed by atoms with van der Waals surface area (Å²) < 4.78 is 0. The van der Waals surface area contributed by atoms with Crippen LogP contribution in [0.15, 0.2) is 47.0 Å². The molecule has 0 aromatic carbocycles. The van der Waals surface area contributed by atoms with Gasteiger partial charge in [-0.3, -0.25) is 9.78 Å². The van der Waals surface area contributed by atoms with E-state index in [0.29, 0.717) is 10.6 Å². The van der Waals surface area contributed by atoms with Crippen LogP contribution < -0.4 is 0 Å². The minimum Gasteiger partial charge on any atom is -0.294 e. The number of Topliss-reactive ketones (excluding diaryl/α,β-unsaturated/α-hetero) is 1. The molecule has 0 fully saturated rings. The van der Waals surface area contributed by atoms with Crippen molar-refractivity contribution in [1.29, 1.82) is 0 Å². The molecule has 5 heteroatoms. The second kappa shape index (κ2) is 4.85.